The van der Waals surface area contributed by atoms with Crippen LogP contribution in [0.15, 0.2) is 0 Å². The van der Waals surface area contributed by atoms with Crippen molar-refractivity contribution in [3.05, 3.63) is 0 Å². The Morgan fingerprint density at radius 1 is 1.44 bits per heavy atom. The van der Waals surface area contributed by atoms with Crippen LogP contribution in [-0.4, -0.2) is 54.6 Å². The highest BCUT2D eigenvalue weighted by molar-refractivity contribution is 7.87. The molecule has 0 aromatic carbocycles. The molecule has 0 heterocycles. The van der Waals surface area contributed by atoms with E-state index in [4.69, 9.17) is 5.11 Å². The molecule has 0 spiro atoms. The van der Waals surface area contributed by atoms with E-state index < -0.39 is 21.8 Å². The van der Waals surface area contributed by atoms with E-state index in [0.717, 1.165) is 10.7 Å². The maximum atomic E-state index is 11.7. The standard InChI is InChI=1S/C10H22N2O5S/c1-4-6-10(2,15)8-11-18(16,17)12(3)7-5-9(13)14/h11,15H,4-8H2,1-3H3,(H,13,14). The van der Waals surface area contributed by atoms with Gasteiger partial charge in [0.05, 0.1) is 12.0 Å². The molecular weight excluding hydrogens is 260 g/mol. The molecule has 0 fully saturated rings. The number of nitrogens with zero attached hydrogens (tertiary/aromatic N) is 1. The Kier molecular flexibility index (Phi) is 6.76. The highest BCUT2D eigenvalue weighted by atomic mass is 32.2. The summed E-state index contributed by atoms with van der Waals surface area (Å²) in [6, 6.07) is 0. The number of aliphatic hydroxyl groups is 1. The summed E-state index contributed by atoms with van der Waals surface area (Å²) in [5.41, 5.74) is -1.10. The second kappa shape index (κ2) is 7.03. The monoisotopic (exact) mass is 282 g/mol. The van der Waals surface area contributed by atoms with Gasteiger partial charge in [-0.05, 0) is 13.3 Å². The number of nitrogens with one attached hydrogen (secondary N) is 1. The first-order chi connectivity index (χ1) is 8.10. The van der Waals surface area contributed by atoms with Crippen LogP contribution in [0.1, 0.15) is 33.1 Å². The van der Waals surface area contributed by atoms with Crippen molar-refractivity contribution in [2.45, 2.75) is 38.7 Å². The summed E-state index contributed by atoms with van der Waals surface area (Å²) >= 11 is 0. The lowest BCUT2D eigenvalue weighted by molar-refractivity contribution is -0.137. The predicted molar refractivity (Wildman–Crippen MR) is 67.3 cm³/mol. The molecule has 0 saturated carbocycles. The van der Waals surface area contributed by atoms with E-state index >= 15 is 0 Å². The first-order valence-corrected chi connectivity index (χ1v) is 7.20. The molecule has 0 rings (SSSR count). The van der Waals surface area contributed by atoms with Gasteiger partial charge in [0.25, 0.3) is 10.2 Å². The third-order valence-corrected chi connectivity index (χ3v) is 3.99. The quantitative estimate of drug-likeness (QED) is 0.542. The Labute approximate surface area is 108 Å². The van der Waals surface area contributed by atoms with Gasteiger partial charge in [-0.2, -0.15) is 17.4 Å². The molecule has 0 aliphatic carbocycles. The fraction of sp³-hybridized carbons (Fsp3) is 0.900. The highest BCUT2D eigenvalue weighted by Crippen LogP contribution is 2.11. The molecule has 1 atom stereocenters. The topological polar surface area (TPSA) is 107 Å². The largest absolute Gasteiger partial charge is 0.481 e. The van der Waals surface area contributed by atoms with Crippen molar-refractivity contribution >= 4 is 16.2 Å². The van der Waals surface area contributed by atoms with E-state index in [1.165, 1.54) is 7.05 Å². The van der Waals surface area contributed by atoms with Crippen LogP contribution in [0.2, 0.25) is 0 Å². The Balaban J connectivity index is 4.34. The lowest BCUT2D eigenvalue weighted by Gasteiger charge is -2.25. The fourth-order valence-corrected chi connectivity index (χ4v) is 2.40. The minimum absolute atomic E-state index is 0.0966. The van der Waals surface area contributed by atoms with Gasteiger partial charge in [0.15, 0.2) is 0 Å². The van der Waals surface area contributed by atoms with Crippen molar-refractivity contribution in [1.29, 1.82) is 0 Å². The summed E-state index contributed by atoms with van der Waals surface area (Å²) in [5.74, 6) is -1.06. The third kappa shape index (κ3) is 6.90. The van der Waals surface area contributed by atoms with Gasteiger partial charge in [0.1, 0.15) is 0 Å². The van der Waals surface area contributed by atoms with Crippen molar-refractivity contribution in [3.63, 3.8) is 0 Å². The second-order valence-corrected chi connectivity index (χ2v) is 6.40. The van der Waals surface area contributed by atoms with Crippen molar-refractivity contribution in [2.24, 2.45) is 0 Å². The Morgan fingerprint density at radius 3 is 2.44 bits per heavy atom. The van der Waals surface area contributed by atoms with Crippen molar-refractivity contribution in [2.75, 3.05) is 20.1 Å². The van der Waals surface area contributed by atoms with E-state index in [1.807, 2.05) is 6.92 Å². The molecule has 0 aliphatic rings. The van der Waals surface area contributed by atoms with Gasteiger partial charge in [0, 0.05) is 20.1 Å². The zero-order valence-corrected chi connectivity index (χ0v) is 11.8. The molecule has 0 bridgehead atoms. The van der Waals surface area contributed by atoms with Crippen LogP contribution < -0.4 is 4.72 Å². The zero-order chi connectivity index (χ0) is 14.4. The molecule has 18 heavy (non-hydrogen) atoms. The average Bonchev–Trinajstić information content (AvgIpc) is 2.23. The van der Waals surface area contributed by atoms with Gasteiger partial charge in [-0.1, -0.05) is 13.3 Å². The molecular formula is C10H22N2O5S. The van der Waals surface area contributed by atoms with E-state index in [1.54, 1.807) is 6.92 Å². The minimum atomic E-state index is -3.75. The molecule has 7 nitrogen and oxygen atoms in total. The lowest BCUT2D eigenvalue weighted by Crippen LogP contribution is -2.46. The van der Waals surface area contributed by atoms with E-state index in [-0.39, 0.29) is 19.5 Å². The van der Waals surface area contributed by atoms with Crippen LogP contribution >= 0.6 is 0 Å². The minimum Gasteiger partial charge on any atom is -0.481 e. The van der Waals surface area contributed by atoms with Crippen molar-refractivity contribution < 1.29 is 23.4 Å². The van der Waals surface area contributed by atoms with Crippen LogP contribution in [-0.2, 0) is 15.0 Å². The molecule has 8 heteroatoms. The Hall–Kier alpha value is -0.700. The number of carboxylic acids is 1. The van der Waals surface area contributed by atoms with Crippen molar-refractivity contribution in [3.8, 4) is 0 Å². The van der Waals surface area contributed by atoms with Gasteiger partial charge in [-0.15, -0.1) is 0 Å². The summed E-state index contributed by atoms with van der Waals surface area (Å²) in [5, 5.41) is 18.3. The molecule has 0 aromatic heterocycles. The zero-order valence-electron chi connectivity index (χ0n) is 11.0. The Morgan fingerprint density at radius 2 is 2.00 bits per heavy atom. The molecule has 108 valence electrons. The number of hydrogen-bond acceptors (Lipinski definition) is 4. The van der Waals surface area contributed by atoms with Crippen LogP contribution in [0.25, 0.3) is 0 Å². The summed E-state index contributed by atoms with van der Waals surface area (Å²) in [4.78, 5) is 10.4. The smallest absolute Gasteiger partial charge is 0.304 e. The van der Waals surface area contributed by atoms with E-state index in [0.29, 0.717) is 6.42 Å². The van der Waals surface area contributed by atoms with E-state index in [2.05, 4.69) is 4.72 Å². The average molecular weight is 282 g/mol. The normalized spacial score (nSPS) is 15.6. The number of hydrogen-bond donors (Lipinski definition) is 3. The van der Waals surface area contributed by atoms with Gasteiger partial charge < -0.3 is 10.2 Å². The highest BCUT2D eigenvalue weighted by Gasteiger charge is 2.24. The molecule has 0 aromatic rings. The summed E-state index contributed by atoms with van der Waals surface area (Å²) in [6.07, 6.45) is 0.959. The number of carboxylic acid groups (broad SMARTS) is 1. The van der Waals surface area contributed by atoms with Crippen LogP contribution in [0.5, 0.6) is 0 Å². The fourth-order valence-electron chi connectivity index (χ4n) is 1.36. The summed E-state index contributed by atoms with van der Waals surface area (Å²) < 4.78 is 26.6. The number of carbonyl (C=O) groups is 1. The van der Waals surface area contributed by atoms with Gasteiger partial charge in [-0.25, -0.2) is 0 Å². The molecule has 3 N–H and O–H groups in total. The molecule has 0 aliphatic heterocycles. The van der Waals surface area contributed by atoms with Gasteiger partial charge >= 0.3 is 5.97 Å². The van der Waals surface area contributed by atoms with Crippen molar-refractivity contribution in [1.82, 2.24) is 9.03 Å². The van der Waals surface area contributed by atoms with Crippen LogP contribution in [0.3, 0.4) is 0 Å². The molecule has 0 saturated heterocycles. The SMILES string of the molecule is CCCC(C)(O)CNS(=O)(=O)N(C)CCC(=O)O. The third-order valence-electron chi connectivity index (χ3n) is 2.47. The Bertz CT molecular complexity index is 366. The second-order valence-electron chi connectivity index (χ2n) is 4.54. The molecule has 0 radical (unpaired) electrons. The summed E-state index contributed by atoms with van der Waals surface area (Å²) in [7, 11) is -2.46. The number of rotatable bonds is 9. The maximum absolute atomic E-state index is 11.7. The molecule has 0 amide bonds. The number of aliphatic carboxylic acids is 1. The summed E-state index contributed by atoms with van der Waals surface area (Å²) in [6.45, 7) is 3.24. The first kappa shape index (κ1) is 17.3. The van der Waals surface area contributed by atoms with E-state index in [9.17, 15) is 18.3 Å². The first-order valence-electron chi connectivity index (χ1n) is 5.76. The molecule has 1 unspecified atom stereocenters. The van der Waals surface area contributed by atoms with Gasteiger partial charge in [-0.3, -0.25) is 4.79 Å². The lowest BCUT2D eigenvalue weighted by atomic mass is 10.0. The van der Waals surface area contributed by atoms with Gasteiger partial charge in [0.2, 0.25) is 0 Å². The van der Waals surface area contributed by atoms with Crippen LogP contribution in [0.4, 0.5) is 0 Å². The maximum Gasteiger partial charge on any atom is 0.304 e. The predicted octanol–water partition coefficient (Wildman–Crippen LogP) is -0.222. The van der Waals surface area contributed by atoms with Crippen LogP contribution in [0, 0.1) is 0 Å².